The number of nitrogens with one attached hydrogen (secondary N) is 1. The zero-order valence-corrected chi connectivity index (χ0v) is 13.8. The van der Waals surface area contributed by atoms with Crippen molar-refractivity contribution in [3.8, 4) is 0 Å². The van der Waals surface area contributed by atoms with Gasteiger partial charge < -0.3 is 14.8 Å². The first-order valence-corrected chi connectivity index (χ1v) is 7.82. The summed E-state index contributed by atoms with van der Waals surface area (Å²) >= 11 is 0. The first-order valence-electron chi connectivity index (χ1n) is 7.82. The maximum atomic E-state index is 10.9. The Morgan fingerprint density at radius 1 is 0.870 bits per heavy atom. The molecule has 124 valence electrons. The van der Waals surface area contributed by atoms with Gasteiger partial charge in [-0.3, -0.25) is 0 Å². The molecule has 0 atom stereocenters. The minimum absolute atomic E-state index is 0.326. The molecule has 0 aliphatic heterocycles. The highest BCUT2D eigenvalue weighted by Gasteiger charge is 1.98. The molecule has 23 heavy (non-hydrogen) atoms. The third-order valence-corrected chi connectivity index (χ3v) is 2.85. The van der Waals surface area contributed by atoms with Gasteiger partial charge in [-0.2, -0.15) is 0 Å². The highest BCUT2D eigenvalue weighted by atomic mass is 16.5. The van der Waals surface area contributed by atoms with Gasteiger partial charge in [0, 0.05) is 13.2 Å². The summed E-state index contributed by atoms with van der Waals surface area (Å²) < 4.78 is 10.1. The molecule has 0 bridgehead atoms. The summed E-state index contributed by atoms with van der Waals surface area (Å²) in [6, 6.07) is 19.8. The molecule has 2 aromatic rings. The lowest BCUT2D eigenvalue weighted by molar-refractivity contribution is 0.134. The fourth-order valence-electron chi connectivity index (χ4n) is 1.71. The van der Waals surface area contributed by atoms with Crippen LogP contribution in [0.3, 0.4) is 0 Å². The van der Waals surface area contributed by atoms with Crippen LogP contribution in [-0.4, -0.2) is 19.2 Å². The van der Waals surface area contributed by atoms with E-state index in [1.807, 2.05) is 62.4 Å². The predicted octanol–water partition coefficient (Wildman–Crippen LogP) is 4.16. The lowest BCUT2D eigenvalue weighted by Gasteiger charge is -2.04. The molecule has 1 amide bonds. The van der Waals surface area contributed by atoms with E-state index in [4.69, 9.17) is 9.47 Å². The van der Waals surface area contributed by atoms with Gasteiger partial charge in [-0.25, -0.2) is 4.79 Å². The van der Waals surface area contributed by atoms with Crippen LogP contribution in [0, 0.1) is 0 Å². The van der Waals surface area contributed by atoms with E-state index in [2.05, 4.69) is 17.4 Å². The number of hydrogen-bond acceptors (Lipinski definition) is 3. The van der Waals surface area contributed by atoms with Crippen molar-refractivity contribution in [2.24, 2.45) is 0 Å². The van der Waals surface area contributed by atoms with Gasteiger partial charge in [0.05, 0.1) is 6.61 Å². The second-order valence-corrected chi connectivity index (χ2v) is 4.71. The quantitative estimate of drug-likeness (QED) is 0.871. The Morgan fingerprint density at radius 3 is 1.87 bits per heavy atom. The van der Waals surface area contributed by atoms with Crippen molar-refractivity contribution in [2.45, 2.75) is 27.1 Å². The summed E-state index contributed by atoms with van der Waals surface area (Å²) in [6.07, 6.45) is -0.369. The molecule has 0 aliphatic rings. The zero-order chi connectivity index (χ0) is 16.8. The van der Waals surface area contributed by atoms with Crippen molar-refractivity contribution in [3.05, 3.63) is 71.8 Å². The molecule has 2 rings (SSSR count). The van der Waals surface area contributed by atoms with E-state index in [9.17, 15) is 4.79 Å². The smallest absolute Gasteiger partial charge is 0.407 e. The normalized spacial score (nSPS) is 9.48. The number of hydrogen-bond donors (Lipinski definition) is 1. The highest BCUT2D eigenvalue weighted by Crippen LogP contribution is 2.00. The van der Waals surface area contributed by atoms with Crippen LogP contribution >= 0.6 is 0 Å². The van der Waals surface area contributed by atoms with Gasteiger partial charge in [-0.05, 0) is 25.0 Å². The third-order valence-electron chi connectivity index (χ3n) is 2.85. The van der Waals surface area contributed by atoms with Crippen LogP contribution < -0.4 is 5.32 Å². The third kappa shape index (κ3) is 9.32. The molecule has 4 heteroatoms. The van der Waals surface area contributed by atoms with E-state index in [0.717, 1.165) is 18.8 Å². The minimum atomic E-state index is -0.369. The molecular weight excluding hydrogens is 290 g/mol. The maximum absolute atomic E-state index is 10.9. The Kier molecular flexibility index (Phi) is 9.96. The molecule has 0 aromatic heterocycles. The Bertz CT molecular complexity index is 529. The second-order valence-electron chi connectivity index (χ2n) is 4.71. The molecule has 0 aliphatic carbocycles. The van der Waals surface area contributed by atoms with Crippen LogP contribution in [-0.2, 0) is 22.7 Å². The number of rotatable bonds is 6. The minimum Gasteiger partial charge on any atom is -0.445 e. The van der Waals surface area contributed by atoms with E-state index in [1.165, 1.54) is 5.56 Å². The largest absolute Gasteiger partial charge is 0.445 e. The van der Waals surface area contributed by atoms with Crippen LogP contribution in [0.2, 0.25) is 0 Å². The van der Waals surface area contributed by atoms with Gasteiger partial charge in [0.15, 0.2) is 0 Å². The van der Waals surface area contributed by atoms with E-state index >= 15 is 0 Å². The van der Waals surface area contributed by atoms with Gasteiger partial charge in [0.2, 0.25) is 0 Å². The SMILES string of the molecule is CCNC(=O)OCc1ccccc1.CCOCc1ccccc1. The standard InChI is InChI=1S/C10H13NO2.C9H12O/c1-2-11-10(12)13-8-9-6-4-3-5-7-9;1-2-10-8-9-6-4-3-5-7-9/h3-7H,2,8H2,1H3,(H,11,12);3-7H,2,8H2,1H3. The second kappa shape index (κ2) is 12.2. The number of benzene rings is 2. The molecule has 0 spiro atoms. The van der Waals surface area contributed by atoms with Crippen molar-refractivity contribution in [2.75, 3.05) is 13.2 Å². The molecule has 0 saturated heterocycles. The van der Waals surface area contributed by atoms with Crippen molar-refractivity contribution >= 4 is 6.09 Å². The average molecular weight is 315 g/mol. The summed E-state index contributed by atoms with van der Waals surface area (Å²) in [5.41, 5.74) is 2.23. The Morgan fingerprint density at radius 2 is 1.39 bits per heavy atom. The van der Waals surface area contributed by atoms with Gasteiger partial charge in [-0.15, -0.1) is 0 Å². The fourth-order valence-corrected chi connectivity index (χ4v) is 1.71. The topological polar surface area (TPSA) is 47.6 Å². The van der Waals surface area contributed by atoms with Crippen LogP contribution in [0.4, 0.5) is 4.79 Å². The van der Waals surface area contributed by atoms with E-state index < -0.39 is 0 Å². The van der Waals surface area contributed by atoms with Crippen LogP contribution in [0.1, 0.15) is 25.0 Å². The van der Waals surface area contributed by atoms with Gasteiger partial charge in [0.25, 0.3) is 0 Å². The number of carbonyl (C=O) groups excluding carboxylic acids is 1. The number of alkyl carbamates (subject to hydrolysis) is 1. The molecule has 0 saturated carbocycles. The molecule has 0 fully saturated rings. The molecule has 0 heterocycles. The summed E-state index contributed by atoms with van der Waals surface area (Å²) in [5.74, 6) is 0. The van der Waals surface area contributed by atoms with Crippen LogP contribution in [0.25, 0.3) is 0 Å². The van der Waals surface area contributed by atoms with Crippen molar-refractivity contribution < 1.29 is 14.3 Å². The van der Waals surface area contributed by atoms with E-state index in [0.29, 0.717) is 13.2 Å². The van der Waals surface area contributed by atoms with Crippen molar-refractivity contribution in [1.29, 1.82) is 0 Å². The molecule has 1 N–H and O–H groups in total. The Labute approximate surface area is 138 Å². The molecular formula is C19H25NO3. The Hall–Kier alpha value is -2.33. The highest BCUT2D eigenvalue weighted by molar-refractivity contribution is 5.66. The first kappa shape index (κ1) is 18.7. The van der Waals surface area contributed by atoms with Crippen molar-refractivity contribution in [3.63, 3.8) is 0 Å². The fraction of sp³-hybridized carbons (Fsp3) is 0.316. The van der Waals surface area contributed by atoms with Crippen molar-refractivity contribution in [1.82, 2.24) is 5.32 Å². The lowest BCUT2D eigenvalue weighted by Crippen LogP contribution is -2.23. The predicted molar refractivity (Wildman–Crippen MR) is 92.1 cm³/mol. The average Bonchev–Trinajstić information content (AvgIpc) is 2.61. The number of ether oxygens (including phenoxy) is 2. The lowest BCUT2D eigenvalue weighted by atomic mass is 10.2. The van der Waals surface area contributed by atoms with Crippen LogP contribution in [0.5, 0.6) is 0 Å². The maximum Gasteiger partial charge on any atom is 0.407 e. The van der Waals surface area contributed by atoms with Gasteiger partial charge >= 0.3 is 6.09 Å². The summed E-state index contributed by atoms with van der Waals surface area (Å²) in [6.45, 7) is 6.29. The van der Waals surface area contributed by atoms with Gasteiger partial charge in [0.1, 0.15) is 6.61 Å². The summed E-state index contributed by atoms with van der Waals surface area (Å²) in [7, 11) is 0. The first-order chi connectivity index (χ1) is 11.3. The molecule has 2 aromatic carbocycles. The number of amides is 1. The van der Waals surface area contributed by atoms with E-state index in [1.54, 1.807) is 0 Å². The van der Waals surface area contributed by atoms with E-state index in [-0.39, 0.29) is 6.09 Å². The number of carbonyl (C=O) groups is 1. The molecule has 0 unspecified atom stereocenters. The van der Waals surface area contributed by atoms with Gasteiger partial charge in [-0.1, -0.05) is 60.7 Å². The molecule has 0 radical (unpaired) electrons. The summed E-state index contributed by atoms with van der Waals surface area (Å²) in [5, 5.41) is 2.55. The zero-order valence-electron chi connectivity index (χ0n) is 13.8. The monoisotopic (exact) mass is 315 g/mol. The molecule has 4 nitrogen and oxygen atoms in total. The summed E-state index contributed by atoms with van der Waals surface area (Å²) in [4.78, 5) is 10.9. The van der Waals surface area contributed by atoms with Crippen LogP contribution in [0.15, 0.2) is 60.7 Å². The Balaban J connectivity index is 0.000000238.